The molecule has 12 heteroatoms. The van der Waals surface area contributed by atoms with E-state index in [9.17, 15) is 9.18 Å². The number of hydrogen-bond donors (Lipinski definition) is 2. The van der Waals surface area contributed by atoms with Crippen molar-refractivity contribution in [3.63, 3.8) is 0 Å². The number of methoxy groups -OCH3 is 1. The van der Waals surface area contributed by atoms with Gasteiger partial charge in [-0.05, 0) is 54.2 Å². The van der Waals surface area contributed by atoms with Gasteiger partial charge in [-0.2, -0.15) is 0 Å². The molecule has 5 rings (SSSR count). The number of halogens is 2. The van der Waals surface area contributed by atoms with Gasteiger partial charge in [0.05, 0.1) is 32.3 Å². The molecule has 2 N–H and O–H groups in total. The minimum Gasteiger partial charge on any atom is -0.493 e. The average molecular weight is 609 g/mol. The van der Waals surface area contributed by atoms with Crippen molar-refractivity contribution in [3.8, 4) is 23.0 Å². The fourth-order valence-electron chi connectivity index (χ4n) is 4.54. The Morgan fingerprint density at radius 1 is 1.02 bits per heavy atom. The molecule has 0 spiro atoms. The quantitative estimate of drug-likeness (QED) is 0.239. The van der Waals surface area contributed by atoms with E-state index < -0.39 is 17.5 Å². The van der Waals surface area contributed by atoms with Crippen LogP contribution in [-0.2, 0) is 16.0 Å². The van der Waals surface area contributed by atoms with Gasteiger partial charge in [0.2, 0.25) is 5.91 Å². The van der Waals surface area contributed by atoms with E-state index in [1.165, 1.54) is 30.3 Å². The topological polar surface area (TPSA) is 94.2 Å². The van der Waals surface area contributed by atoms with Crippen LogP contribution < -0.4 is 24.8 Å². The summed E-state index contributed by atoms with van der Waals surface area (Å²) in [5, 5.41) is 5.87. The van der Waals surface area contributed by atoms with Crippen LogP contribution in [0.3, 0.4) is 0 Å². The third-order valence-corrected chi connectivity index (χ3v) is 6.88. The molecular weight excluding hydrogens is 578 g/mol. The summed E-state index contributed by atoms with van der Waals surface area (Å²) >= 11 is 5.17. The molecule has 0 aliphatic carbocycles. The van der Waals surface area contributed by atoms with Crippen molar-refractivity contribution in [2.45, 2.75) is 6.42 Å². The van der Waals surface area contributed by atoms with Crippen molar-refractivity contribution in [2.24, 2.45) is 0 Å². The molecule has 1 aromatic heterocycles. The number of nitrogens with zero attached hydrogens (tertiary/aromatic N) is 2. The lowest BCUT2D eigenvalue weighted by atomic mass is 10.1. The zero-order chi connectivity index (χ0) is 30.2. The molecule has 1 aliphatic rings. The maximum absolute atomic E-state index is 15.1. The first-order valence-corrected chi connectivity index (χ1v) is 14.0. The first kappa shape index (κ1) is 30.1. The SMILES string of the molecule is COc1cc2c(Oc3ccc(NC(=S)NC(=O)Cc4cccc(F)c4)cc3F)ccnc2cc1OCCN1CCOCC1. The Hall–Kier alpha value is -4.39. The van der Waals surface area contributed by atoms with Gasteiger partial charge in [-0.3, -0.25) is 14.7 Å². The number of pyridine rings is 1. The number of nitrogens with one attached hydrogen (secondary N) is 2. The van der Waals surface area contributed by atoms with Crippen LogP contribution in [0, 0.1) is 11.6 Å². The van der Waals surface area contributed by atoms with Crippen molar-refractivity contribution in [2.75, 3.05) is 51.9 Å². The summed E-state index contributed by atoms with van der Waals surface area (Å²) < 4.78 is 51.3. The normalized spacial score (nSPS) is 13.4. The van der Waals surface area contributed by atoms with E-state index >= 15 is 4.39 Å². The summed E-state index contributed by atoms with van der Waals surface area (Å²) in [5.41, 5.74) is 1.40. The number of benzene rings is 3. The van der Waals surface area contributed by atoms with Crippen molar-refractivity contribution in [1.82, 2.24) is 15.2 Å². The number of aromatic nitrogens is 1. The van der Waals surface area contributed by atoms with Crippen molar-refractivity contribution >= 4 is 39.8 Å². The summed E-state index contributed by atoms with van der Waals surface area (Å²) in [4.78, 5) is 19.0. The second-order valence-electron chi connectivity index (χ2n) is 9.69. The van der Waals surface area contributed by atoms with Gasteiger partial charge >= 0.3 is 0 Å². The highest BCUT2D eigenvalue weighted by atomic mass is 32.1. The summed E-state index contributed by atoms with van der Waals surface area (Å²) in [5.74, 6) is -0.120. The number of anilines is 1. The molecule has 224 valence electrons. The molecule has 9 nitrogen and oxygen atoms in total. The highest BCUT2D eigenvalue weighted by Crippen LogP contribution is 2.37. The van der Waals surface area contributed by atoms with Crippen LogP contribution in [0.1, 0.15) is 5.56 Å². The highest BCUT2D eigenvalue weighted by molar-refractivity contribution is 7.80. The molecular formula is C31H30F2N4O5S. The predicted molar refractivity (Wildman–Crippen MR) is 162 cm³/mol. The standard InChI is InChI=1S/C31H30F2N4O5S/c1-39-28-18-23-25(19-29(28)41-14-11-37-9-12-40-13-10-37)34-8-7-26(23)42-27-6-5-22(17-24(27)33)35-31(43)36-30(38)16-20-3-2-4-21(32)15-20/h2-8,15,17-19H,9-14,16H2,1H3,(H2,35,36,38,43). The van der Waals surface area contributed by atoms with Crippen LogP contribution in [0.2, 0.25) is 0 Å². The van der Waals surface area contributed by atoms with Crippen LogP contribution in [0.4, 0.5) is 14.5 Å². The summed E-state index contributed by atoms with van der Waals surface area (Å²) in [6.45, 7) is 4.42. The Balaban J connectivity index is 1.22. The molecule has 1 amide bonds. The zero-order valence-corrected chi connectivity index (χ0v) is 24.2. The van der Waals surface area contributed by atoms with Crippen LogP contribution in [0.5, 0.6) is 23.0 Å². The van der Waals surface area contributed by atoms with Crippen molar-refractivity contribution < 1.29 is 32.5 Å². The molecule has 3 aromatic carbocycles. The summed E-state index contributed by atoms with van der Waals surface area (Å²) in [7, 11) is 1.55. The number of morpholine rings is 1. The van der Waals surface area contributed by atoms with Gasteiger partial charge in [0.1, 0.15) is 18.2 Å². The van der Waals surface area contributed by atoms with Crippen LogP contribution >= 0.6 is 12.2 Å². The van der Waals surface area contributed by atoms with E-state index in [4.69, 9.17) is 31.2 Å². The Morgan fingerprint density at radius 3 is 2.63 bits per heavy atom. The molecule has 0 saturated carbocycles. The lowest BCUT2D eigenvalue weighted by molar-refractivity contribution is -0.119. The average Bonchev–Trinajstić information content (AvgIpc) is 2.98. The van der Waals surface area contributed by atoms with E-state index in [-0.39, 0.29) is 17.3 Å². The Labute approximate surface area is 252 Å². The van der Waals surface area contributed by atoms with E-state index in [2.05, 4.69) is 20.5 Å². The number of carbonyl (C=O) groups excluding carboxylic acids is 1. The summed E-state index contributed by atoms with van der Waals surface area (Å²) in [6, 6.07) is 15.1. The number of thiocarbonyl (C=S) groups is 1. The maximum Gasteiger partial charge on any atom is 0.230 e. The minimum atomic E-state index is -0.654. The lowest BCUT2D eigenvalue weighted by Gasteiger charge is -2.26. The van der Waals surface area contributed by atoms with Gasteiger partial charge in [0, 0.05) is 49.0 Å². The van der Waals surface area contributed by atoms with E-state index in [0.29, 0.717) is 46.0 Å². The molecule has 2 heterocycles. The molecule has 0 bridgehead atoms. The number of fused-ring (bicyclic) bond motifs is 1. The van der Waals surface area contributed by atoms with Crippen LogP contribution in [-0.4, -0.2) is 67.5 Å². The van der Waals surface area contributed by atoms with E-state index in [1.54, 1.807) is 43.6 Å². The van der Waals surface area contributed by atoms with Crippen LogP contribution in [0.25, 0.3) is 10.9 Å². The molecule has 4 aromatic rings. The number of carbonyl (C=O) groups is 1. The molecule has 0 atom stereocenters. The molecule has 43 heavy (non-hydrogen) atoms. The van der Waals surface area contributed by atoms with Crippen LogP contribution in [0.15, 0.2) is 66.9 Å². The van der Waals surface area contributed by atoms with E-state index in [0.717, 1.165) is 32.8 Å². The molecule has 0 radical (unpaired) electrons. The highest BCUT2D eigenvalue weighted by Gasteiger charge is 2.16. The van der Waals surface area contributed by atoms with E-state index in [1.807, 2.05) is 0 Å². The van der Waals surface area contributed by atoms with Gasteiger partial charge < -0.3 is 29.6 Å². The molecule has 1 aliphatic heterocycles. The number of rotatable bonds is 10. The maximum atomic E-state index is 15.1. The Bertz CT molecular complexity index is 1620. The van der Waals surface area contributed by atoms with Crippen molar-refractivity contribution in [3.05, 3.63) is 84.1 Å². The summed E-state index contributed by atoms with van der Waals surface area (Å²) in [6.07, 6.45) is 1.51. The molecule has 0 unspecified atom stereocenters. The largest absolute Gasteiger partial charge is 0.493 e. The minimum absolute atomic E-state index is 0.0235. The smallest absolute Gasteiger partial charge is 0.230 e. The second-order valence-corrected chi connectivity index (χ2v) is 10.1. The molecule has 1 fully saturated rings. The first-order chi connectivity index (χ1) is 20.9. The fourth-order valence-corrected chi connectivity index (χ4v) is 4.78. The Kier molecular flexibility index (Phi) is 9.92. The predicted octanol–water partition coefficient (Wildman–Crippen LogP) is 5.08. The first-order valence-electron chi connectivity index (χ1n) is 13.6. The third-order valence-electron chi connectivity index (χ3n) is 6.67. The molecule has 1 saturated heterocycles. The Morgan fingerprint density at radius 2 is 1.86 bits per heavy atom. The number of amides is 1. The fraction of sp³-hybridized carbons (Fsp3) is 0.258. The third kappa shape index (κ3) is 8.13. The second kappa shape index (κ2) is 14.2. The van der Waals surface area contributed by atoms with Gasteiger partial charge in [0.15, 0.2) is 28.2 Å². The van der Waals surface area contributed by atoms with Gasteiger partial charge in [0.25, 0.3) is 0 Å². The monoisotopic (exact) mass is 608 g/mol. The lowest BCUT2D eigenvalue weighted by Crippen LogP contribution is -2.38. The number of ether oxygens (including phenoxy) is 4. The zero-order valence-electron chi connectivity index (χ0n) is 23.4. The van der Waals surface area contributed by atoms with Crippen molar-refractivity contribution in [1.29, 1.82) is 0 Å². The number of hydrogen-bond acceptors (Lipinski definition) is 8. The van der Waals surface area contributed by atoms with Gasteiger partial charge in [-0.25, -0.2) is 8.78 Å². The van der Waals surface area contributed by atoms with Gasteiger partial charge in [-0.15, -0.1) is 0 Å². The van der Waals surface area contributed by atoms with Gasteiger partial charge in [-0.1, -0.05) is 12.1 Å².